The number of carbonyl (C=O) groups is 2. The predicted molar refractivity (Wildman–Crippen MR) is 193 cm³/mol. The Kier molecular flexibility index (Phi) is 18.8. The van der Waals surface area contributed by atoms with Gasteiger partial charge in [-0.05, 0) is 55.6 Å². The van der Waals surface area contributed by atoms with Crippen LogP contribution in [0.1, 0.15) is 146 Å². The number of carbonyl (C=O) groups excluding carboxylic acids is 1. The number of benzene rings is 2. The second kappa shape index (κ2) is 22.8. The van der Waals surface area contributed by atoms with E-state index >= 15 is 0 Å². The molecule has 1 saturated heterocycles. The maximum Gasteiger partial charge on any atom is 0.303 e. The number of carboxylic acid groups (broad SMARTS) is 1. The van der Waals surface area contributed by atoms with Crippen LogP contribution in [-0.4, -0.2) is 52.7 Å². The first-order chi connectivity index (χ1) is 23.3. The Balaban J connectivity index is 1.74. The van der Waals surface area contributed by atoms with Gasteiger partial charge >= 0.3 is 5.97 Å². The molecule has 0 aromatic heterocycles. The fourth-order valence-electron chi connectivity index (χ4n) is 6.46. The molecule has 0 bridgehead atoms. The zero-order valence-corrected chi connectivity index (χ0v) is 29.8. The van der Waals surface area contributed by atoms with Gasteiger partial charge in [0.2, 0.25) is 5.91 Å². The molecule has 8 heteroatoms. The van der Waals surface area contributed by atoms with Crippen LogP contribution in [0.5, 0.6) is 0 Å². The Hall–Kier alpha value is -2.78. The van der Waals surface area contributed by atoms with Gasteiger partial charge < -0.3 is 29.9 Å². The van der Waals surface area contributed by atoms with Crippen molar-refractivity contribution in [3.63, 3.8) is 0 Å². The number of unbranched alkanes of at least 4 members (excludes halogenated alkanes) is 10. The molecule has 1 heterocycles. The van der Waals surface area contributed by atoms with E-state index in [1.807, 2.05) is 36.4 Å². The first kappa shape index (κ1) is 39.7. The minimum atomic E-state index is -0.900. The number of anilines is 1. The van der Waals surface area contributed by atoms with Crippen molar-refractivity contribution in [2.24, 2.45) is 5.92 Å². The number of nitrogens with zero attached hydrogens (tertiary/aromatic N) is 1. The van der Waals surface area contributed by atoms with E-state index in [1.54, 1.807) is 0 Å². The van der Waals surface area contributed by atoms with E-state index < -0.39 is 12.3 Å². The number of ether oxygens (including phenoxy) is 2. The van der Waals surface area contributed by atoms with Crippen molar-refractivity contribution in [1.29, 1.82) is 0 Å². The van der Waals surface area contributed by atoms with Crippen molar-refractivity contribution < 1.29 is 29.3 Å². The van der Waals surface area contributed by atoms with Crippen LogP contribution in [-0.2, 0) is 25.7 Å². The van der Waals surface area contributed by atoms with Crippen molar-refractivity contribution in [2.75, 3.05) is 25.0 Å². The Bertz CT molecular complexity index is 1160. The molecule has 0 aliphatic carbocycles. The van der Waals surface area contributed by atoms with Crippen LogP contribution < -0.4 is 5.32 Å². The van der Waals surface area contributed by atoms with Crippen LogP contribution in [0.3, 0.4) is 0 Å². The molecule has 4 atom stereocenters. The molecular formula is C40H62N2O6. The van der Waals surface area contributed by atoms with Crippen LogP contribution in [0.15, 0.2) is 48.5 Å². The van der Waals surface area contributed by atoms with E-state index in [9.17, 15) is 14.7 Å². The van der Waals surface area contributed by atoms with Gasteiger partial charge in [0.15, 0.2) is 6.29 Å². The maximum absolute atomic E-state index is 12.3. The number of hydrogen-bond donors (Lipinski definition) is 3. The number of amides is 1. The molecule has 1 aliphatic rings. The molecule has 3 rings (SSSR count). The standard InChI is InChI=1S/C40H62N2O6/c1-4-6-8-10-12-14-27-42(28-15-13-11-9-7-5-2)29-36-31(3)39(33-21-19-32(30-43)20-22-33)48-40(47-36)34-23-25-35(26-24-34)41-37(44)17-16-18-38(45)46/h19-26,31,36,39-40,43H,4-18,27-30H2,1-3H3,(H,41,44)(H,45,46)/t31-,36+,39+,40+/m0/s1. The van der Waals surface area contributed by atoms with E-state index in [1.165, 1.54) is 77.0 Å². The van der Waals surface area contributed by atoms with E-state index in [0.29, 0.717) is 12.1 Å². The smallest absolute Gasteiger partial charge is 0.303 e. The van der Waals surface area contributed by atoms with Crippen molar-refractivity contribution in [3.05, 3.63) is 65.2 Å². The molecule has 268 valence electrons. The highest BCUT2D eigenvalue weighted by Crippen LogP contribution is 2.42. The van der Waals surface area contributed by atoms with Crippen LogP contribution in [0.4, 0.5) is 5.69 Å². The summed E-state index contributed by atoms with van der Waals surface area (Å²) < 4.78 is 13.5. The monoisotopic (exact) mass is 666 g/mol. The first-order valence-corrected chi connectivity index (χ1v) is 18.7. The summed E-state index contributed by atoms with van der Waals surface area (Å²) in [5, 5.41) is 21.3. The van der Waals surface area contributed by atoms with Crippen molar-refractivity contribution in [2.45, 2.75) is 142 Å². The number of aliphatic carboxylic acids is 1. The van der Waals surface area contributed by atoms with Gasteiger partial charge in [0.1, 0.15) is 0 Å². The number of aliphatic hydroxyl groups is 1. The van der Waals surface area contributed by atoms with Gasteiger partial charge in [-0.3, -0.25) is 9.59 Å². The largest absolute Gasteiger partial charge is 0.481 e. The van der Waals surface area contributed by atoms with Crippen LogP contribution >= 0.6 is 0 Å². The third-order valence-electron chi connectivity index (χ3n) is 9.48. The van der Waals surface area contributed by atoms with E-state index in [2.05, 4.69) is 43.1 Å². The lowest BCUT2D eigenvalue weighted by Crippen LogP contribution is -2.45. The van der Waals surface area contributed by atoms with Crippen LogP contribution in [0, 0.1) is 5.92 Å². The number of nitrogens with one attached hydrogen (secondary N) is 1. The summed E-state index contributed by atoms with van der Waals surface area (Å²) in [6.45, 7) is 9.76. The number of carboxylic acids is 1. The van der Waals surface area contributed by atoms with Crippen LogP contribution in [0.2, 0.25) is 0 Å². The van der Waals surface area contributed by atoms with E-state index in [-0.39, 0.29) is 43.5 Å². The number of aliphatic hydroxyl groups excluding tert-OH is 1. The molecule has 2 aromatic carbocycles. The lowest BCUT2D eigenvalue weighted by atomic mass is 9.90. The fourth-order valence-corrected chi connectivity index (χ4v) is 6.46. The van der Waals surface area contributed by atoms with Gasteiger partial charge in [0, 0.05) is 36.6 Å². The third kappa shape index (κ3) is 14.4. The summed E-state index contributed by atoms with van der Waals surface area (Å²) in [5.74, 6) is -0.990. The normalized spacial score (nSPS) is 19.4. The third-order valence-corrected chi connectivity index (χ3v) is 9.48. The quantitative estimate of drug-likeness (QED) is 0.0959. The van der Waals surface area contributed by atoms with Gasteiger partial charge in [-0.2, -0.15) is 0 Å². The summed E-state index contributed by atoms with van der Waals surface area (Å²) >= 11 is 0. The Morgan fingerprint density at radius 1 is 0.729 bits per heavy atom. The molecule has 3 N–H and O–H groups in total. The summed E-state index contributed by atoms with van der Waals surface area (Å²) in [6.07, 6.45) is 15.0. The molecule has 0 spiro atoms. The average molecular weight is 667 g/mol. The minimum Gasteiger partial charge on any atom is -0.481 e. The fraction of sp³-hybridized carbons (Fsp3) is 0.650. The summed E-state index contributed by atoms with van der Waals surface area (Å²) in [4.78, 5) is 25.7. The molecule has 0 unspecified atom stereocenters. The topological polar surface area (TPSA) is 108 Å². The lowest BCUT2D eigenvalue weighted by molar-refractivity contribution is -0.276. The highest BCUT2D eigenvalue weighted by Gasteiger charge is 2.39. The highest BCUT2D eigenvalue weighted by molar-refractivity contribution is 5.90. The molecule has 1 aliphatic heterocycles. The zero-order chi connectivity index (χ0) is 34.6. The Labute approximate surface area is 289 Å². The predicted octanol–water partition coefficient (Wildman–Crippen LogP) is 9.19. The lowest BCUT2D eigenvalue weighted by Gasteiger charge is -2.43. The minimum absolute atomic E-state index is 0.00398. The van der Waals surface area contributed by atoms with Gasteiger partial charge in [-0.15, -0.1) is 0 Å². The zero-order valence-electron chi connectivity index (χ0n) is 29.8. The molecule has 48 heavy (non-hydrogen) atoms. The Morgan fingerprint density at radius 2 is 1.29 bits per heavy atom. The molecule has 0 saturated carbocycles. The summed E-state index contributed by atoms with van der Waals surface area (Å²) in [7, 11) is 0. The summed E-state index contributed by atoms with van der Waals surface area (Å²) in [6, 6.07) is 15.6. The second-order valence-corrected chi connectivity index (χ2v) is 13.6. The van der Waals surface area contributed by atoms with Crippen molar-refractivity contribution >= 4 is 17.6 Å². The molecule has 1 amide bonds. The SMILES string of the molecule is CCCCCCCCN(CCCCCCCC)C[C@H]1O[C@@H](c2ccc(NC(=O)CCCC(=O)O)cc2)O[C@@H](c2ccc(CO)cc2)[C@H]1C. The van der Waals surface area contributed by atoms with Gasteiger partial charge in [-0.1, -0.05) is 121 Å². The highest BCUT2D eigenvalue weighted by atomic mass is 16.7. The molecule has 2 aromatic rings. The van der Waals surface area contributed by atoms with E-state index in [4.69, 9.17) is 14.6 Å². The van der Waals surface area contributed by atoms with Crippen molar-refractivity contribution in [1.82, 2.24) is 4.90 Å². The van der Waals surface area contributed by atoms with Gasteiger partial charge in [-0.25, -0.2) is 0 Å². The first-order valence-electron chi connectivity index (χ1n) is 18.7. The molecular weight excluding hydrogens is 604 g/mol. The molecule has 1 fully saturated rings. The maximum atomic E-state index is 12.3. The average Bonchev–Trinajstić information content (AvgIpc) is 3.08. The number of hydrogen-bond acceptors (Lipinski definition) is 6. The summed E-state index contributed by atoms with van der Waals surface area (Å²) in [5.41, 5.74) is 3.48. The molecule has 0 radical (unpaired) electrons. The Morgan fingerprint density at radius 3 is 1.85 bits per heavy atom. The molecule has 8 nitrogen and oxygen atoms in total. The van der Waals surface area contributed by atoms with Crippen molar-refractivity contribution in [3.8, 4) is 0 Å². The number of rotatable bonds is 24. The van der Waals surface area contributed by atoms with Crippen LogP contribution in [0.25, 0.3) is 0 Å². The van der Waals surface area contributed by atoms with Gasteiger partial charge in [0.25, 0.3) is 0 Å². The van der Waals surface area contributed by atoms with E-state index in [0.717, 1.165) is 36.3 Å². The van der Waals surface area contributed by atoms with Gasteiger partial charge in [0.05, 0.1) is 18.8 Å². The second-order valence-electron chi connectivity index (χ2n) is 13.6.